The van der Waals surface area contributed by atoms with E-state index in [1.165, 1.54) is 0 Å². The molecule has 0 bridgehead atoms. The van der Waals surface area contributed by atoms with Crippen LogP contribution < -0.4 is 5.32 Å². The third kappa shape index (κ3) is 13.3. The van der Waals surface area contributed by atoms with Crippen molar-refractivity contribution in [3.05, 3.63) is 0 Å². The number of hydrogen-bond donors (Lipinski definition) is 1. The van der Waals surface area contributed by atoms with Gasteiger partial charge in [-0.1, -0.05) is 0 Å². The zero-order valence-electron chi connectivity index (χ0n) is 10.5. The van der Waals surface area contributed by atoms with Gasteiger partial charge in [0, 0.05) is 12.3 Å². The fraction of sp³-hybridized carbons (Fsp3) is 0.900. The van der Waals surface area contributed by atoms with E-state index in [1.807, 2.05) is 0 Å². The molecule has 0 aromatic heterocycles. The molecule has 17 heavy (non-hydrogen) atoms. The molecular formula is C10H20NO5S-. The number of rotatable bonds is 7. The summed E-state index contributed by atoms with van der Waals surface area (Å²) in [7, 11) is -4.13. The lowest BCUT2D eigenvalue weighted by molar-refractivity contribution is -0.154. The van der Waals surface area contributed by atoms with Crippen molar-refractivity contribution in [3.63, 3.8) is 0 Å². The maximum Gasteiger partial charge on any atom is 0.307 e. The predicted octanol–water partition coefficient (Wildman–Crippen LogP) is 0.243. The Morgan fingerprint density at radius 2 is 1.88 bits per heavy atom. The van der Waals surface area contributed by atoms with Crippen molar-refractivity contribution in [3.8, 4) is 0 Å². The highest BCUT2D eigenvalue weighted by atomic mass is 32.2. The van der Waals surface area contributed by atoms with E-state index in [4.69, 9.17) is 4.74 Å². The smallest absolute Gasteiger partial charge is 0.307 e. The fourth-order valence-corrected chi connectivity index (χ4v) is 1.58. The number of carbonyl (C=O) groups excluding carboxylic acids is 1. The van der Waals surface area contributed by atoms with Gasteiger partial charge in [0.05, 0.1) is 16.5 Å². The Morgan fingerprint density at radius 1 is 1.29 bits per heavy atom. The topological polar surface area (TPSA) is 95.5 Å². The van der Waals surface area contributed by atoms with Gasteiger partial charge in [0.15, 0.2) is 0 Å². The lowest BCUT2D eigenvalue weighted by atomic mass is 10.2. The Kier molecular flexibility index (Phi) is 6.66. The second-order valence-electron chi connectivity index (χ2n) is 4.70. The number of hydrogen-bond acceptors (Lipinski definition) is 6. The highest BCUT2D eigenvalue weighted by molar-refractivity contribution is 7.85. The van der Waals surface area contributed by atoms with Crippen molar-refractivity contribution in [2.75, 3.05) is 18.8 Å². The van der Waals surface area contributed by atoms with Crippen molar-refractivity contribution in [1.29, 1.82) is 0 Å². The quantitative estimate of drug-likeness (QED) is 0.403. The second-order valence-corrected chi connectivity index (χ2v) is 6.23. The van der Waals surface area contributed by atoms with E-state index in [0.717, 1.165) is 0 Å². The first-order chi connectivity index (χ1) is 7.60. The Bertz CT molecular complexity index is 331. The van der Waals surface area contributed by atoms with Gasteiger partial charge in [-0.15, -0.1) is 0 Å². The summed E-state index contributed by atoms with van der Waals surface area (Å²) < 4.78 is 35.9. The van der Waals surface area contributed by atoms with Gasteiger partial charge in [-0.05, 0) is 33.7 Å². The Labute approximate surface area is 102 Å². The van der Waals surface area contributed by atoms with Crippen LogP contribution in [0.1, 0.15) is 33.6 Å². The van der Waals surface area contributed by atoms with Gasteiger partial charge in [-0.25, -0.2) is 8.42 Å². The molecule has 0 heterocycles. The van der Waals surface area contributed by atoms with Gasteiger partial charge < -0.3 is 14.6 Å². The molecule has 1 N–H and O–H groups in total. The number of esters is 1. The normalized spacial score (nSPS) is 12.5. The van der Waals surface area contributed by atoms with E-state index in [2.05, 4.69) is 5.32 Å². The highest BCUT2D eigenvalue weighted by Crippen LogP contribution is 2.07. The summed E-state index contributed by atoms with van der Waals surface area (Å²) in [5, 5.41) is 2.87. The standard InChI is InChI=1S/C10H21NO5S/c1-10(2,3)16-9(12)5-7-11-6-4-8-17(13,14)15/h11H,4-8H2,1-3H3,(H,13,14,15)/p-1. The predicted molar refractivity (Wildman–Crippen MR) is 62.5 cm³/mol. The third-order valence-electron chi connectivity index (χ3n) is 1.67. The van der Waals surface area contributed by atoms with Crippen molar-refractivity contribution in [2.45, 2.75) is 39.2 Å². The lowest BCUT2D eigenvalue weighted by Crippen LogP contribution is -2.27. The Balaban J connectivity index is 3.50. The van der Waals surface area contributed by atoms with Crippen LogP contribution in [-0.4, -0.2) is 43.4 Å². The van der Waals surface area contributed by atoms with Gasteiger partial charge in [-0.2, -0.15) is 0 Å². The molecule has 0 atom stereocenters. The van der Waals surface area contributed by atoms with Crippen molar-refractivity contribution in [1.82, 2.24) is 5.32 Å². The minimum absolute atomic E-state index is 0.224. The highest BCUT2D eigenvalue weighted by Gasteiger charge is 2.15. The molecule has 0 amide bonds. The van der Waals surface area contributed by atoms with Crippen LogP contribution in [-0.2, 0) is 19.6 Å². The zero-order chi connectivity index (χ0) is 13.5. The van der Waals surface area contributed by atoms with E-state index in [9.17, 15) is 17.8 Å². The fourth-order valence-electron chi connectivity index (χ4n) is 1.08. The average molecular weight is 266 g/mol. The van der Waals surface area contributed by atoms with Crippen LogP contribution in [0.2, 0.25) is 0 Å². The summed E-state index contributed by atoms with van der Waals surface area (Å²) in [5.74, 6) is -0.687. The molecule has 0 fully saturated rings. The minimum Gasteiger partial charge on any atom is -0.748 e. The molecular weight excluding hydrogens is 246 g/mol. The van der Waals surface area contributed by atoms with Gasteiger partial charge in [-0.3, -0.25) is 4.79 Å². The zero-order valence-corrected chi connectivity index (χ0v) is 11.3. The van der Waals surface area contributed by atoms with Gasteiger partial charge >= 0.3 is 5.97 Å². The summed E-state index contributed by atoms with van der Waals surface area (Å²) >= 11 is 0. The summed E-state index contributed by atoms with van der Waals surface area (Å²) in [6.07, 6.45) is 0.474. The molecule has 0 aromatic carbocycles. The SMILES string of the molecule is CC(C)(C)OC(=O)CCNCCCS(=O)(=O)[O-]. The number of ether oxygens (including phenoxy) is 1. The summed E-state index contributed by atoms with van der Waals surface area (Å²) in [6.45, 7) is 6.17. The molecule has 0 aliphatic carbocycles. The van der Waals surface area contributed by atoms with Crippen LogP contribution in [0.25, 0.3) is 0 Å². The first kappa shape index (κ1) is 16.3. The first-order valence-electron chi connectivity index (χ1n) is 5.46. The van der Waals surface area contributed by atoms with Crippen molar-refractivity contribution < 1.29 is 22.5 Å². The van der Waals surface area contributed by atoms with E-state index in [1.54, 1.807) is 20.8 Å². The van der Waals surface area contributed by atoms with Gasteiger partial charge in [0.2, 0.25) is 0 Å². The Morgan fingerprint density at radius 3 is 2.35 bits per heavy atom. The molecule has 0 unspecified atom stereocenters. The molecule has 0 spiro atoms. The van der Waals surface area contributed by atoms with E-state index < -0.39 is 15.7 Å². The average Bonchev–Trinajstić information content (AvgIpc) is 2.06. The molecule has 7 heteroatoms. The lowest BCUT2D eigenvalue weighted by Gasteiger charge is -2.19. The second kappa shape index (κ2) is 6.93. The first-order valence-corrected chi connectivity index (χ1v) is 7.04. The summed E-state index contributed by atoms with van der Waals surface area (Å²) in [5.41, 5.74) is -0.492. The molecule has 0 saturated carbocycles. The Hall–Kier alpha value is -0.660. The van der Waals surface area contributed by atoms with Crippen molar-refractivity contribution in [2.24, 2.45) is 0 Å². The summed E-state index contributed by atoms with van der Waals surface area (Å²) in [4.78, 5) is 11.2. The van der Waals surface area contributed by atoms with E-state index in [-0.39, 0.29) is 24.6 Å². The maximum atomic E-state index is 11.2. The molecule has 0 rings (SSSR count). The van der Waals surface area contributed by atoms with E-state index in [0.29, 0.717) is 13.1 Å². The van der Waals surface area contributed by atoms with Crippen LogP contribution in [0.4, 0.5) is 0 Å². The van der Waals surface area contributed by atoms with Crippen LogP contribution in [0, 0.1) is 0 Å². The molecule has 0 aliphatic heterocycles. The third-order valence-corrected chi connectivity index (χ3v) is 2.46. The molecule has 0 radical (unpaired) electrons. The largest absolute Gasteiger partial charge is 0.748 e. The molecule has 0 aliphatic rings. The van der Waals surface area contributed by atoms with Crippen molar-refractivity contribution >= 4 is 16.1 Å². The van der Waals surface area contributed by atoms with Crippen LogP contribution in [0.15, 0.2) is 0 Å². The van der Waals surface area contributed by atoms with Crippen LogP contribution in [0.5, 0.6) is 0 Å². The summed E-state index contributed by atoms with van der Waals surface area (Å²) in [6, 6.07) is 0. The van der Waals surface area contributed by atoms with E-state index >= 15 is 0 Å². The molecule has 0 saturated heterocycles. The monoisotopic (exact) mass is 266 g/mol. The number of nitrogens with one attached hydrogen (secondary N) is 1. The van der Waals surface area contributed by atoms with Gasteiger partial charge in [0.1, 0.15) is 5.60 Å². The molecule has 6 nitrogen and oxygen atoms in total. The van der Waals surface area contributed by atoms with Crippen LogP contribution in [0.3, 0.4) is 0 Å². The molecule has 0 aromatic rings. The van der Waals surface area contributed by atoms with Crippen LogP contribution >= 0.6 is 0 Å². The maximum absolute atomic E-state index is 11.2. The molecule has 102 valence electrons. The van der Waals surface area contributed by atoms with Gasteiger partial charge in [0.25, 0.3) is 0 Å². The number of carbonyl (C=O) groups is 1. The minimum atomic E-state index is -4.13.